The molecular formula is C20H27ClN4O2S. The summed E-state index contributed by atoms with van der Waals surface area (Å²) < 4.78 is 5.50. The number of amides is 1. The summed E-state index contributed by atoms with van der Waals surface area (Å²) in [5, 5.41) is 4.10. The highest BCUT2D eigenvalue weighted by atomic mass is 35.5. The molecule has 2 heterocycles. The van der Waals surface area contributed by atoms with E-state index >= 15 is 0 Å². The molecule has 1 aromatic carbocycles. The highest BCUT2D eigenvalue weighted by molar-refractivity contribution is 7.99. The third kappa shape index (κ3) is 3.80. The Bertz CT molecular complexity index is 843. The first-order chi connectivity index (χ1) is 12.8. The number of carbonyl (C=O) groups excluding carboxylic acids is 1. The van der Waals surface area contributed by atoms with Crippen molar-refractivity contribution in [1.29, 1.82) is 0 Å². The molecule has 0 radical (unpaired) electrons. The molecule has 28 heavy (non-hydrogen) atoms. The highest BCUT2D eigenvalue weighted by Crippen LogP contribution is 2.39. The topological polar surface area (TPSA) is 85.2 Å². The van der Waals surface area contributed by atoms with Gasteiger partial charge in [0.2, 0.25) is 5.89 Å². The van der Waals surface area contributed by atoms with Crippen molar-refractivity contribution in [2.24, 2.45) is 5.73 Å². The molecule has 8 heteroatoms. The molecule has 1 saturated carbocycles. The molecule has 2 aliphatic rings. The zero-order valence-electron chi connectivity index (χ0n) is 16.5. The Labute approximate surface area is 176 Å². The van der Waals surface area contributed by atoms with Crippen LogP contribution >= 0.6 is 24.2 Å². The zero-order chi connectivity index (χ0) is 19.2. The quantitative estimate of drug-likeness (QED) is 0.804. The van der Waals surface area contributed by atoms with Gasteiger partial charge in [0.1, 0.15) is 6.04 Å². The van der Waals surface area contributed by atoms with E-state index in [4.69, 9.17) is 10.3 Å². The molecule has 2 fully saturated rings. The molecule has 1 atom stereocenters. The van der Waals surface area contributed by atoms with Gasteiger partial charge in [0.15, 0.2) is 5.82 Å². The van der Waals surface area contributed by atoms with Crippen molar-refractivity contribution in [2.75, 3.05) is 11.6 Å². The average molecular weight is 423 g/mol. The van der Waals surface area contributed by atoms with Gasteiger partial charge in [0.25, 0.3) is 5.91 Å². The van der Waals surface area contributed by atoms with Crippen molar-refractivity contribution < 1.29 is 9.32 Å². The third-order valence-corrected chi connectivity index (χ3v) is 6.57. The lowest BCUT2D eigenvalue weighted by atomic mass is 9.77. The zero-order valence-corrected chi connectivity index (χ0v) is 18.1. The largest absolute Gasteiger partial charge is 0.337 e. The van der Waals surface area contributed by atoms with E-state index in [9.17, 15) is 4.79 Å². The van der Waals surface area contributed by atoms with Gasteiger partial charge in [-0.15, -0.1) is 24.2 Å². The van der Waals surface area contributed by atoms with Crippen molar-refractivity contribution in [3.05, 3.63) is 47.1 Å². The van der Waals surface area contributed by atoms with Crippen LogP contribution in [0.5, 0.6) is 0 Å². The van der Waals surface area contributed by atoms with Crippen molar-refractivity contribution in [3.63, 3.8) is 0 Å². The van der Waals surface area contributed by atoms with E-state index in [2.05, 4.69) is 30.9 Å². The smallest absolute Gasteiger partial charge is 0.255 e. The second kappa shape index (κ2) is 7.69. The number of nitrogens with two attached hydrogens (primary N) is 1. The number of benzene rings is 1. The molecule has 0 bridgehead atoms. The minimum Gasteiger partial charge on any atom is -0.337 e. The van der Waals surface area contributed by atoms with Crippen LogP contribution in [0.25, 0.3) is 0 Å². The lowest BCUT2D eigenvalue weighted by molar-refractivity contribution is 0.0722. The second-order valence-electron chi connectivity index (χ2n) is 8.58. The van der Waals surface area contributed by atoms with E-state index in [1.54, 1.807) is 11.8 Å². The van der Waals surface area contributed by atoms with E-state index in [1.807, 2.05) is 29.2 Å². The monoisotopic (exact) mass is 422 g/mol. The van der Waals surface area contributed by atoms with Gasteiger partial charge >= 0.3 is 0 Å². The Morgan fingerprint density at radius 1 is 1.29 bits per heavy atom. The maximum absolute atomic E-state index is 13.1. The minimum atomic E-state index is -0.453. The molecule has 2 N–H and O–H groups in total. The standard InChI is InChI=1S/C20H26N4O2S.ClH/c1-19(2,3)14-7-5-13(6-8-14)17(25)24-12-27-11-15(24)16-22-18(23-26-16)20(21)9-4-10-20;/h5-8,15H,4,9-12,21H2,1-3H3;1H. The fourth-order valence-electron chi connectivity index (χ4n) is 3.48. The van der Waals surface area contributed by atoms with Crippen molar-refractivity contribution in [3.8, 4) is 0 Å². The first kappa shape index (κ1) is 21.1. The number of nitrogens with zero attached hydrogens (tertiary/aromatic N) is 3. The molecule has 1 unspecified atom stereocenters. The van der Waals surface area contributed by atoms with Crippen LogP contribution < -0.4 is 5.73 Å². The summed E-state index contributed by atoms with van der Waals surface area (Å²) in [5.41, 5.74) is 7.80. The number of rotatable bonds is 3. The van der Waals surface area contributed by atoms with Crippen LogP contribution in [0, 0.1) is 0 Å². The van der Waals surface area contributed by atoms with Gasteiger partial charge in [-0.3, -0.25) is 4.79 Å². The predicted molar refractivity (Wildman–Crippen MR) is 113 cm³/mol. The van der Waals surface area contributed by atoms with Gasteiger partial charge in [0.05, 0.1) is 11.4 Å². The van der Waals surface area contributed by atoms with Crippen molar-refractivity contribution in [2.45, 2.75) is 57.0 Å². The summed E-state index contributed by atoms with van der Waals surface area (Å²) in [4.78, 5) is 19.4. The highest BCUT2D eigenvalue weighted by Gasteiger charge is 2.41. The van der Waals surface area contributed by atoms with E-state index in [0.717, 1.165) is 25.0 Å². The fourth-order valence-corrected chi connectivity index (χ4v) is 4.63. The summed E-state index contributed by atoms with van der Waals surface area (Å²) >= 11 is 1.70. The van der Waals surface area contributed by atoms with Crippen LogP contribution in [0.3, 0.4) is 0 Å². The molecule has 2 aromatic rings. The lowest BCUT2D eigenvalue weighted by Crippen LogP contribution is -2.44. The van der Waals surface area contributed by atoms with E-state index in [-0.39, 0.29) is 29.8 Å². The molecule has 1 aliphatic carbocycles. The Balaban J connectivity index is 0.00000225. The van der Waals surface area contributed by atoms with E-state index in [0.29, 0.717) is 23.2 Å². The average Bonchev–Trinajstić information content (AvgIpc) is 3.27. The summed E-state index contributed by atoms with van der Waals surface area (Å²) in [6.07, 6.45) is 2.86. The summed E-state index contributed by atoms with van der Waals surface area (Å²) in [6, 6.07) is 7.68. The van der Waals surface area contributed by atoms with Gasteiger partial charge in [-0.2, -0.15) is 4.98 Å². The number of carbonyl (C=O) groups is 1. The first-order valence-corrected chi connectivity index (χ1v) is 10.6. The van der Waals surface area contributed by atoms with Crippen LogP contribution in [0.15, 0.2) is 28.8 Å². The Morgan fingerprint density at radius 3 is 2.54 bits per heavy atom. The molecule has 152 valence electrons. The summed E-state index contributed by atoms with van der Waals surface area (Å²) in [5.74, 6) is 2.44. The van der Waals surface area contributed by atoms with Gasteiger partial charge in [-0.25, -0.2) is 0 Å². The molecule has 4 rings (SSSR count). The van der Waals surface area contributed by atoms with Crippen LogP contribution in [0.4, 0.5) is 0 Å². The molecule has 6 nitrogen and oxygen atoms in total. The Hall–Kier alpha value is -1.57. The normalized spacial score (nSPS) is 21.1. The second-order valence-corrected chi connectivity index (χ2v) is 9.58. The molecule has 1 aliphatic heterocycles. The van der Waals surface area contributed by atoms with E-state index < -0.39 is 5.54 Å². The van der Waals surface area contributed by atoms with Gasteiger partial charge < -0.3 is 15.2 Å². The van der Waals surface area contributed by atoms with Crippen molar-refractivity contribution in [1.82, 2.24) is 15.0 Å². The molecule has 1 aromatic heterocycles. The number of thioether (sulfide) groups is 1. The van der Waals surface area contributed by atoms with Crippen LogP contribution in [-0.4, -0.2) is 32.6 Å². The SMILES string of the molecule is CC(C)(C)c1ccc(C(=O)N2CSCC2c2nc(C3(N)CCC3)no2)cc1.Cl. The van der Waals surface area contributed by atoms with E-state index in [1.165, 1.54) is 5.56 Å². The van der Waals surface area contributed by atoms with Crippen LogP contribution in [0.1, 0.15) is 73.7 Å². The maximum Gasteiger partial charge on any atom is 0.255 e. The van der Waals surface area contributed by atoms with Gasteiger partial charge in [-0.1, -0.05) is 38.1 Å². The van der Waals surface area contributed by atoms with Crippen molar-refractivity contribution >= 4 is 30.1 Å². The summed E-state index contributed by atoms with van der Waals surface area (Å²) in [7, 11) is 0. The Morgan fingerprint density at radius 2 is 1.96 bits per heavy atom. The number of halogens is 1. The Kier molecular flexibility index (Phi) is 5.81. The minimum absolute atomic E-state index is 0. The molecule has 1 amide bonds. The third-order valence-electron chi connectivity index (χ3n) is 5.56. The maximum atomic E-state index is 13.1. The van der Waals surface area contributed by atoms with Crippen LogP contribution in [0.2, 0.25) is 0 Å². The molecule has 0 spiro atoms. The lowest BCUT2D eigenvalue weighted by Gasteiger charge is -2.34. The predicted octanol–water partition coefficient (Wildman–Crippen LogP) is 4.01. The number of hydrogen-bond donors (Lipinski definition) is 1. The molecule has 1 saturated heterocycles. The number of hydrogen-bond acceptors (Lipinski definition) is 6. The first-order valence-electron chi connectivity index (χ1n) is 9.40. The number of aromatic nitrogens is 2. The van der Waals surface area contributed by atoms with Gasteiger partial charge in [0, 0.05) is 11.3 Å². The fraction of sp³-hybridized carbons (Fsp3) is 0.550. The van der Waals surface area contributed by atoms with Gasteiger partial charge in [-0.05, 0) is 42.4 Å². The molecular weight excluding hydrogens is 396 g/mol. The van der Waals surface area contributed by atoms with Crippen LogP contribution in [-0.2, 0) is 11.0 Å². The summed E-state index contributed by atoms with van der Waals surface area (Å²) in [6.45, 7) is 6.49.